The number of ether oxygens (including phenoxy) is 2. The molecule has 0 spiro atoms. The van der Waals surface area contributed by atoms with Crippen LogP contribution in [-0.4, -0.2) is 89.0 Å². The van der Waals surface area contributed by atoms with Crippen LogP contribution in [0.25, 0.3) is 21.6 Å². The maximum atomic E-state index is 15.1. The molecule has 4 amide bonds. The second-order valence-corrected chi connectivity index (χ2v) is 21.2. The van der Waals surface area contributed by atoms with Gasteiger partial charge >= 0.3 is 0 Å². The Morgan fingerprint density at radius 1 is 1.03 bits per heavy atom. The highest BCUT2D eigenvalue weighted by Gasteiger charge is 2.63. The molecular weight excluding hydrogens is 855 g/mol. The zero-order chi connectivity index (χ0) is 45.6. The maximum Gasteiger partial charge on any atom is 0.259 e. The van der Waals surface area contributed by atoms with E-state index in [-0.39, 0.29) is 37.1 Å². The fourth-order valence-electron chi connectivity index (χ4n) is 8.69. The Balaban J connectivity index is 1.16. The van der Waals surface area contributed by atoms with Gasteiger partial charge in [0.25, 0.3) is 5.91 Å². The molecule has 8 rings (SSSR count). The number of sulfonamides is 1. The van der Waals surface area contributed by atoms with Gasteiger partial charge in [0, 0.05) is 53.0 Å². The number of aromatic nitrogens is 2. The molecule has 15 nitrogen and oxygen atoms in total. The van der Waals surface area contributed by atoms with Crippen LogP contribution in [0.2, 0.25) is 0 Å². The Labute approximate surface area is 378 Å². The Morgan fingerprint density at radius 2 is 1.81 bits per heavy atom. The van der Waals surface area contributed by atoms with Crippen molar-refractivity contribution >= 4 is 67.3 Å². The van der Waals surface area contributed by atoms with Gasteiger partial charge in [0.2, 0.25) is 27.7 Å². The molecule has 5 atom stereocenters. The summed E-state index contributed by atoms with van der Waals surface area (Å²) in [6, 6.07) is 10.9. The number of allylic oxidation sites excluding steroid dienone is 1. The Morgan fingerprint density at radius 3 is 2.53 bits per heavy atom. The Bertz CT molecular complexity index is 2630. The van der Waals surface area contributed by atoms with E-state index in [4.69, 9.17) is 19.4 Å². The van der Waals surface area contributed by atoms with Crippen LogP contribution in [0, 0.1) is 12.8 Å². The Hall–Kier alpha value is -5.55. The molecule has 2 aliphatic carbocycles. The number of nitrogens with one attached hydrogen (secondary N) is 4. The van der Waals surface area contributed by atoms with Crippen molar-refractivity contribution in [2.75, 3.05) is 24.3 Å². The fraction of sp³-hybridized carbons (Fsp3) is 0.489. The van der Waals surface area contributed by atoms with Gasteiger partial charge in [0.05, 0.1) is 29.6 Å². The van der Waals surface area contributed by atoms with Gasteiger partial charge in [-0.1, -0.05) is 44.9 Å². The second kappa shape index (κ2) is 17.8. The average molecular weight is 912 g/mol. The lowest BCUT2D eigenvalue weighted by Gasteiger charge is -2.30. The monoisotopic (exact) mass is 911 g/mol. The minimum Gasteiger partial charge on any atom is -0.496 e. The largest absolute Gasteiger partial charge is 0.496 e. The molecule has 4 aromatic rings. The summed E-state index contributed by atoms with van der Waals surface area (Å²) in [5.41, 5.74) is 2.69. The summed E-state index contributed by atoms with van der Waals surface area (Å²) in [4.78, 5) is 67.3. The van der Waals surface area contributed by atoms with E-state index >= 15 is 4.79 Å². The lowest BCUT2D eigenvalue weighted by atomic mass is 10.0. The number of nitrogens with zero attached hydrogens (tertiary/aromatic N) is 3. The number of benzene rings is 2. The number of thiazole rings is 1. The van der Waals surface area contributed by atoms with Crippen molar-refractivity contribution < 1.29 is 37.1 Å². The van der Waals surface area contributed by atoms with E-state index in [0.29, 0.717) is 59.8 Å². The van der Waals surface area contributed by atoms with Gasteiger partial charge in [-0.3, -0.25) is 23.9 Å². The van der Waals surface area contributed by atoms with Crippen molar-refractivity contribution in [2.24, 2.45) is 5.92 Å². The number of carbonyl (C=O) groups excluding carboxylic acids is 4. The van der Waals surface area contributed by atoms with Gasteiger partial charge in [0.1, 0.15) is 45.9 Å². The van der Waals surface area contributed by atoms with Gasteiger partial charge in [-0.15, -0.1) is 11.3 Å². The second-order valence-electron chi connectivity index (χ2n) is 18.2. The summed E-state index contributed by atoms with van der Waals surface area (Å²) in [5, 5.41) is 12.6. The van der Waals surface area contributed by atoms with Crippen molar-refractivity contribution in [3.63, 3.8) is 0 Å². The lowest BCUT2D eigenvalue weighted by Crippen LogP contribution is -2.58. The number of hydrogen-bond acceptors (Lipinski definition) is 12. The summed E-state index contributed by atoms with van der Waals surface area (Å²) < 4.78 is 40.5. The van der Waals surface area contributed by atoms with E-state index in [9.17, 15) is 22.8 Å². The predicted molar refractivity (Wildman–Crippen MR) is 247 cm³/mol. The predicted octanol–water partition coefficient (Wildman–Crippen LogP) is 6.98. The molecule has 4 aliphatic rings. The molecule has 4 heterocycles. The maximum absolute atomic E-state index is 15.1. The number of fused-ring (bicyclic) bond motifs is 3. The third-order valence-corrected chi connectivity index (χ3v) is 16.0. The topological polar surface area (TPSA) is 198 Å². The summed E-state index contributed by atoms with van der Waals surface area (Å²) in [5.74, 6) is -0.976. The zero-order valence-electron chi connectivity index (χ0n) is 37.2. The molecule has 2 saturated carbocycles. The number of amides is 4. The number of aryl methyl sites for hydroxylation is 1. The third kappa shape index (κ3) is 9.19. The van der Waals surface area contributed by atoms with Crippen LogP contribution in [0.4, 0.5) is 11.4 Å². The van der Waals surface area contributed by atoms with E-state index < -0.39 is 56.2 Å². The van der Waals surface area contributed by atoms with Crippen molar-refractivity contribution in [2.45, 2.75) is 127 Å². The van der Waals surface area contributed by atoms with E-state index in [1.807, 2.05) is 48.7 Å². The summed E-state index contributed by atoms with van der Waals surface area (Å²) in [7, 11) is -2.40. The van der Waals surface area contributed by atoms with Gasteiger partial charge in [0.15, 0.2) is 0 Å². The number of carbonyl (C=O) groups is 4. The van der Waals surface area contributed by atoms with Crippen LogP contribution >= 0.6 is 11.3 Å². The van der Waals surface area contributed by atoms with Gasteiger partial charge < -0.3 is 30.3 Å². The first-order valence-corrected chi connectivity index (χ1v) is 24.5. The van der Waals surface area contributed by atoms with Gasteiger partial charge in [-0.2, -0.15) is 0 Å². The van der Waals surface area contributed by atoms with Crippen molar-refractivity contribution in [3.05, 3.63) is 71.3 Å². The normalized spacial score (nSPS) is 25.0. The van der Waals surface area contributed by atoms with Crippen molar-refractivity contribution in [3.8, 4) is 22.2 Å². The molecule has 4 N–H and O–H groups in total. The average Bonchev–Trinajstić information content (AvgIpc) is 4.02. The lowest BCUT2D eigenvalue weighted by molar-refractivity contribution is -0.140. The van der Waals surface area contributed by atoms with Crippen molar-refractivity contribution in [1.29, 1.82) is 0 Å². The number of pyridine rings is 1. The highest BCUT2D eigenvalue weighted by Crippen LogP contribution is 2.48. The first kappa shape index (κ1) is 45.0. The Kier molecular flexibility index (Phi) is 12.5. The van der Waals surface area contributed by atoms with Crippen molar-refractivity contribution in [1.82, 2.24) is 24.9 Å². The molecular formula is C47H57N7O8S2. The highest BCUT2D eigenvalue weighted by atomic mass is 32.2. The molecule has 2 aromatic carbocycles. The minimum atomic E-state index is -4.01. The smallest absolute Gasteiger partial charge is 0.259 e. The van der Waals surface area contributed by atoms with E-state index in [1.54, 1.807) is 32.2 Å². The standard InChI is InChI=1S/C47H57N7O8S2/c1-27(2)37-26-63-43(51-37)36-23-40(34-17-18-39(61-6)28(3)41(34)50-36)62-33-22-38-42(56)52-47(45(58)53-64(59,60)46(5)19-20-46)24-30(47)13-10-8-7-9-11-16-35(44(57)54(38)25-33)49-32-15-12-14-31(21-32)48-29(4)55/h10,12-15,17-18,21,23,26-27,30,33,35,38,49H,7-9,11,16,19-20,22,24-25H2,1-6H3,(H,48,55)(H,52,56)(H,53,58)/b13-10-/t30-,33+,35-,38-,47+/m0/s1. The first-order chi connectivity index (χ1) is 30.5. The molecule has 340 valence electrons. The van der Waals surface area contributed by atoms with Crippen LogP contribution in [0.1, 0.15) is 103 Å². The molecule has 3 fully saturated rings. The van der Waals surface area contributed by atoms with Crippen LogP contribution in [0.3, 0.4) is 0 Å². The minimum absolute atomic E-state index is 0.0410. The molecule has 0 unspecified atom stereocenters. The summed E-state index contributed by atoms with van der Waals surface area (Å²) in [6.07, 6.45) is 7.92. The fourth-order valence-corrected chi connectivity index (χ4v) is 10.9. The summed E-state index contributed by atoms with van der Waals surface area (Å²) >= 11 is 1.49. The summed E-state index contributed by atoms with van der Waals surface area (Å²) in [6.45, 7) is 9.17. The quantitative estimate of drug-likeness (QED) is 0.113. The number of methoxy groups -OCH3 is 1. The van der Waals surface area contributed by atoms with Crippen LogP contribution in [-0.2, 0) is 29.2 Å². The van der Waals surface area contributed by atoms with Gasteiger partial charge in [-0.05, 0) is 88.6 Å². The molecule has 2 aromatic heterocycles. The number of rotatable bonds is 11. The van der Waals surface area contributed by atoms with E-state index in [1.165, 1.54) is 23.2 Å². The number of anilines is 2. The molecule has 64 heavy (non-hydrogen) atoms. The SMILES string of the molecule is COc1ccc2c(O[C@@H]3C[C@H]4C(=O)N[C@]5(C(=O)NS(=O)(=O)C6(C)CC6)C[C@@H]5/C=C\CCCCC[C@H](Nc5cccc(NC(C)=O)c5)C(=O)N4C3)cc(-c3nc(C(C)C)cs3)nc2c1C. The molecule has 0 radical (unpaired) electrons. The number of hydrogen-bond donors (Lipinski definition) is 4. The molecule has 2 aliphatic heterocycles. The molecule has 1 saturated heterocycles. The van der Waals surface area contributed by atoms with Crippen LogP contribution in [0.15, 0.2) is 60.0 Å². The van der Waals surface area contributed by atoms with Crippen LogP contribution < -0.4 is 30.1 Å². The molecule has 0 bridgehead atoms. The van der Waals surface area contributed by atoms with E-state index in [0.717, 1.165) is 40.9 Å². The molecule has 17 heteroatoms. The van der Waals surface area contributed by atoms with Crippen LogP contribution in [0.5, 0.6) is 11.5 Å². The van der Waals surface area contributed by atoms with Gasteiger partial charge in [-0.25, -0.2) is 18.4 Å². The highest BCUT2D eigenvalue weighted by molar-refractivity contribution is 7.91. The first-order valence-electron chi connectivity index (χ1n) is 22.1. The van der Waals surface area contributed by atoms with E-state index in [2.05, 4.69) is 34.5 Å². The third-order valence-electron chi connectivity index (χ3n) is 13.0. The zero-order valence-corrected chi connectivity index (χ0v) is 38.8.